The molecule has 1 heteroatoms. The Kier molecular flexibility index (Phi) is 1.80. The molecule has 1 fully saturated rings. The largest absolute Gasteiger partial charge is 0.393 e. The quantitative estimate of drug-likeness (QED) is 0.594. The molecule has 0 aromatic heterocycles. The van der Waals surface area contributed by atoms with Gasteiger partial charge in [-0.1, -0.05) is 20.8 Å². The SMILES string of the molecule is C[C@H](O)[C@H]1C[C@@H]1C(C)(C)C. The first kappa shape index (κ1) is 8.06. The lowest BCUT2D eigenvalue weighted by Crippen LogP contribution is -2.14. The van der Waals surface area contributed by atoms with Crippen molar-refractivity contribution in [2.75, 3.05) is 0 Å². The molecule has 1 nitrogen and oxygen atoms in total. The van der Waals surface area contributed by atoms with E-state index >= 15 is 0 Å². The van der Waals surface area contributed by atoms with Gasteiger partial charge in [0, 0.05) is 0 Å². The van der Waals surface area contributed by atoms with E-state index in [0.29, 0.717) is 11.3 Å². The summed E-state index contributed by atoms with van der Waals surface area (Å²) in [5, 5.41) is 9.23. The van der Waals surface area contributed by atoms with Crippen LogP contribution in [0.4, 0.5) is 0 Å². The highest BCUT2D eigenvalue weighted by Crippen LogP contribution is 2.52. The van der Waals surface area contributed by atoms with Gasteiger partial charge in [-0.15, -0.1) is 0 Å². The van der Waals surface area contributed by atoms with Crippen LogP contribution in [0.2, 0.25) is 0 Å². The van der Waals surface area contributed by atoms with Crippen molar-refractivity contribution in [3.05, 3.63) is 0 Å². The van der Waals surface area contributed by atoms with Crippen molar-refractivity contribution < 1.29 is 5.11 Å². The maximum absolute atomic E-state index is 9.23. The molecule has 0 aliphatic heterocycles. The Hall–Kier alpha value is -0.0400. The first-order chi connectivity index (χ1) is 4.43. The summed E-state index contributed by atoms with van der Waals surface area (Å²) in [7, 11) is 0. The molecule has 0 bridgehead atoms. The van der Waals surface area contributed by atoms with Gasteiger partial charge in [0.2, 0.25) is 0 Å². The lowest BCUT2D eigenvalue weighted by Gasteiger charge is -2.18. The second-order valence-corrected chi connectivity index (χ2v) is 4.61. The summed E-state index contributed by atoms with van der Waals surface area (Å²) in [6.45, 7) is 8.65. The van der Waals surface area contributed by atoms with Crippen LogP contribution >= 0.6 is 0 Å². The second-order valence-electron chi connectivity index (χ2n) is 4.61. The van der Waals surface area contributed by atoms with Crippen LogP contribution in [0.1, 0.15) is 34.1 Å². The fourth-order valence-corrected chi connectivity index (χ4v) is 1.74. The smallest absolute Gasteiger partial charge is 0.0543 e. The summed E-state index contributed by atoms with van der Waals surface area (Å²) >= 11 is 0. The predicted molar refractivity (Wildman–Crippen MR) is 42.7 cm³/mol. The average Bonchev–Trinajstić information content (AvgIpc) is 2.35. The molecule has 1 saturated carbocycles. The zero-order valence-electron chi connectivity index (χ0n) is 7.39. The van der Waals surface area contributed by atoms with E-state index in [-0.39, 0.29) is 6.10 Å². The van der Waals surface area contributed by atoms with Gasteiger partial charge in [0.1, 0.15) is 0 Å². The zero-order valence-corrected chi connectivity index (χ0v) is 7.39. The molecule has 0 radical (unpaired) electrons. The highest BCUT2D eigenvalue weighted by Gasteiger charge is 2.47. The number of rotatable bonds is 1. The second kappa shape index (κ2) is 2.23. The zero-order chi connectivity index (χ0) is 7.94. The molecular formula is C9H18O. The van der Waals surface area contributed by atoms with Crippen LogP contribution in [0.3, 0.4) is 0 Å². The van der Waals surface area contributed by atoms with Crippen molar-refractivity contribution in [1.82, 2.24) is 0 Å². The van der Waals surface area contributed by atoms with Gasteiger partial charge in [-0.2, -0.15) is 0 Å². The van der Waals surface area contributed by atoms with Gasteiger partial charge < -0.3 is 5.11 Å². The first-order valence-electron chi connectivity index (χ1n) is 4.11. The Morgan fingerprint density at radius 3 is 2.00 bits per heavy atom. The van der Waals surface area contributed by atoms with E-state index in [9.17, 15) is 5.11 Å². The first-order valence-corrected chi connectivity index (χ1v) is 4.11. The Bertz CT molecular complexity index is 121. The minimum atomic E-state index is -0.0933. The summed E-state index contributed by atoms with van der Waals surface area (Å²) < 4.78 is 0. The molecule has 3 atom stereocenters. The third-order valence-electron chi connectivity index (χ3n) is 2.57. The molecule has 0 heterocycles. The van der Waals surface area contributed by atoms with Crippen molar-refractivity contribution in [3.8, 4) is 0 Å². The Morgan fingerprint density at radius 2 is 1.90 bits per heavy atom. The number of aliphatic hydroxyl groups excluding tert-OH is 1. The van der Waals surface area contributed by atoms with Crippen LogP contribution in [0, 0.1) is 17.3 Å². The third-order valence-corrected chi connectivity index (χ3v) is 2.57. The fraction of sp³-hybridized carbons (Fsp3) is 1.00. The summed E-state index contributed by atoms with van der Waals surface area (Å²) in [4.78, 5) is 0. The maximum Gasteiger partial charge on any atom is 0.0543 e. The number of hydrogen-bond donors (Lipinski definition) is 1. The summed E-state index contributed by atoms with van der Waals surface area (Å²) in [5.41, 5.74) is 0.404. The standard InChI is InChI=1S/C9H18O/c1-6(10)7-5-8(7)9(2,3)4/h6-8,10H,5H2,1-4H3/t6-,7+,8-/m0/s1. The molecule has 0 unspecified atom stereocenters. The van der Waals surface area contributed by atoms with Crippen molar-refractivity contribution in [3.63, 3.8) is 0 Å². The number of hydrogen-bond acceptors (Lipinski definition) is 1. The van der Waals surface area contributed by atoms with E-state index in [1.165, 1.54) is 6.42 Å². The van der Waals surface area contributed by atoms with Crippen LogP contribution in [0.5, 0.6) is 0 Å². The van der Waals surface area contributed by atoms with E-state index < -0.39 is 0 Å². The van der Waals surface area contributed by atoms with Gasteiger partial charge in [-0.3, -0.25) is 0 Å². The maximum atomic E-state index is 9.23. The van der Waals surface area contributed by atoms with Crippen LogP contribution in [-0.2, 0) is 0 Å². The predicted octanol–water partition coefficient (Wildman–Crippen LogP) is 2.05. The van der Waals surface area contributed by atoms with Gasteiger partial charge in [0.25, 0.3) is 0 Å². The number of aliphatic hydroxyl groups is 1. The van der Waals surface area contributed by atoms with E-state index in [2.05, 4.69) is 20.8 Å². The molecule has 0 aromatic rings. The van der Waals surface area contributed by atoms with Crippen LogP contribution < -0.4 is 0 Å². The normalized spacial score (nSPS) is 35.7. The van der Waals surface area contributed by atoms with Gasteiger partial charge in [-0.05, 0) is 30.6 Å². The highest BCUT2D eigenvalue weighted by molar-refractivity contribution is 4.96. The molecule has 0 saturated heterocycles. The molecule has 1 rings (SSSR count). The van der Waals surface area contributed by atoms with E-state index in [0.717, 1.165) is 5.92 Å². The molecule has 1 aliphatic carbocycles. The molecular weight excluding hydrogens is 124 g/mol. The van der Waals surface area contributed by atoms with Gasteiger partial charge >= 0.3 is 0 Å². The highest BCUT2D eigenvalue weighted by atomic mass is 16.3. The minimum Gasteiger partial charge on any atom is -0.393 e. The monoisotopic (exact) mass is 142 g/mol. The Morgan fingerprint density at radius 1 is 1.40 bits per heavy atom. The molecule has 10 heavy (non-hydrogen) atoms. The average molecular weight is 142 g/mol. The third kappa shape index (κ3) is 1.51. The van der Waals surface area contributed by atoms with Crippen molar-refractivity contribution >= 4 is 0 Å². The van der Waals surface area contributed by atoms with Crippen molar-refractivity contribution in [1.29, 1.82) is 0 Å². The molecule has 1 aliphatic rings. The Balaban J connectivity index is 2.39. The Labute approximate surface area is 63.4 Å². The van der Waals surface area contributed by atoms with Crippen LogP contribution in [0.25, 0.3) is 0 Å². The lowest BCUT2D eigenvalue weighted by atomic mass is 9.88. The molecule has 0 spiro atoms. The molecule has 60 valence electrons. The van der Waals surface area contributed by atoms with Crippen LogP contribution in [-0.4, -0.2) is 11.2 Å². The van der Waals surface area contributed by atoms with Gasteiger partial charge in [-0.25, -0.2) is 0 Å². The minimum absolute atomic E-state index is 0.0933. The van der Waals surface area contributed by atoms with Crippen LogP contribution in [0.15, 0.2) is 0 Å². The lowest BCUT2D eigenvalue weighted by molar-refractivity contribution is 0.149. The van der Waals surface area contributed by atoms with E-state index in [4.69, 9.17) is 0 Å². The summed E-state index contributed by atoms with van der Waals surface area (Å²) in [6.07, 6.45) is 1.13. The molecule has 0 amide bonds. The van der Waals surface area contributed by atoms with Gasteiger partial charge in [0.05, 0.1) is 6.10 Å². The van der Waals surface area contributed by atoms with Gasteiger partial charge in [0.15, 0.2) is 0 Å². The summed E-state index contributed by atoms with van der Waals surface area (Å²) in [5.74, 6) is 1.34. The molecule has 0 aromatic carbocycles. The van der Waals surface area contributed by atoms with Crippen molar-refractivity contribution in [2.24, 2.45) is 17.3 Å². The van der Waals surface area contributed by atoms with E-state index in [1.807, 2.05) is 6.92 Å². The fourth-order valence-electron chi connectivity index (χ4n) is 1.74. The van der Waals surface area contributed by atoms with Crippen molar-refractivity contribution in [2.45, 2.75) is 40.2 Å². The van der Waals surface area contributed by atoms with E-state index in [1.54, 1.807) is 0 Å². The topological polar surface area (TPSA) is 20.2 Å². The summed E-state index contributed by atoms with van der Waals surface area (Å²) in [6, 6.07) is 0. The molecule has 1 N–H and O–H groups in total.